The summed E-state index contributed by atoms with van der Waals surface area (Å²) in [5.41, 5.74) is 1.37. The van der Waals surface area contributed by atoms with E-state index in [9.17, 15) is 0 Å². The Morgan fingerprint density at radius 1 is 1.40 bits per heavy atom. The summed E-state index contributed by atoms with van der Waals surface area (Å²) in [6.45, 7) is 0. The Kier molecular flexibility index (Phi) is 2.76. The molecular formula is C10H5BrClN3. The molecule has 0 radical (unpaired) electrons. The van der Waals surface area contributed by atoms with Crippen molar-refractivity contribution in [3.8, 4) is 11.8 Å². The van der Waals surface area contributed by atoms with Crippen LogP contribution in [0.1, 0.15) is 5.56 Å². The molecule has 1 aromatic heterocycles. The number of nitriles is 1. The van der Waals surface area contributed by atoms with Gasteiger partial charge in [-0.1, -0.05) is 27.5 Å². The van der Waals surface area contributed by atoms with Gasteiger partial charge in [-0.05, 0) is 18.2 Å². The van der Waals surface area contributed by atoms with Crippen molar-refractivity contribution in [1.29, 1.82) is 5.26 Å². The van der Waals surface area contributed by atoms with Crippen molar-refractivity contribution in [2.75, 3.05) is 0 Å². The molecule has 1 aromatic carbocycles. The Labute approximate surface area is 100 Å². The lowest BCUT2D eigenvalue weighted by atomic mass is 10.2. The summed E-state index contributed by atoms with van der Waals surface area (Å²) in [4.78, 5) is 0. The Morgan fingerprint density at radius 2 is 2.20 bits per heavy atom. The van der Waals surface area contributed by atoms with Gasteiger partial charge < -0.3 is 0 Å². The molecule has 2 aromatic rings. The standard InChI is InChI=1S/C10H5BrClN3/c11-8-1-7(4-13)2-10(3-8)15-6-9(12)5-14-15/h1-3,5-6H. The van der Waals surface area contributed by atoms with Gasteiger partial charge in [0.15, 0.2) is 0 Å². The highest BCUT2D eigenvalue weighted by atomic mass is 79.9. The van der Waals surface area contributed by atoms with Crippen LogP contribution >= 0.6 is 27.5 Å². The van der Waals surface area contributed by atoms with Gasteiger partial charge in [0.1, 0.15) is 0 Å². The average Bonchev–Trinajstić information content (AvgIpc) is 2.64. The van der Waals surface area contributed by atoms with Gasteiger partial charge in [-0.25, -0.2) is 4.68 Å². The zero-order chi connectivity index (χ0) is 10.8. The van der Waals surface area contributed by atoms with Gasteiger partial charge in [0.25, 0.3) is 0 Å². The Morgan fingerprint density at radius 3 is 2.80 bits per heavy atom. The van der Waals surface area contributed by atoms with Crippen LogP contribution in [0.4, 0.5) is 0 Å². The van der Waals surface area contributed by atoms with Gasteiger partial charge in [-0.2, -0.15) is 10.4 Å². The lowest BCUT2D eigenvalue weighted by molar-refractivity contribution is 0.879. The van der Waals surface area contributed by atoms with E-state index in [1.807, 2.05) is 6.07 Å². The van der Waals surface area contributed by atoms with E-state index in [0.29, 0.717) is 10.6 Å². The van der Waals surface area contributed by atoms with Crippen LogP contribution in [0, 0.1) is 11.3 Å². The van der Waals surface area contributed by atoms with Crippen molar-refractivity contribution in [2.24, 2.45) is 0 Å². The lowest BCUT2D eigenvalue weighted by Gasteiger charge is -2.02. The van der Waals surface area contributed by atoms with Crippen LogP contribution in [0.2, 0.25) is 5.02 Å². The molecule has 0 saturated carbocycles. The minimum Gasteiger partial charge on any atom is -0.239 e. The van der Waals surface area contributed by atoms with Crippen molar-refractivity contribution in [3.05, 3.63) is 45.7 Å². The molecule has 0 amide bonds. The van der Waals surface area contributed by atoms with Crippen LogP contribution in [0.3, 0.4) is 0 Å². The highest BCUT2D eigenvalue weighted by Gasteiger charge is 2.02. The predicted octanol–water partition coefficient (Wildman–Crippen LogP) is 3.16. The topological polar surface area (TPSA) is 41.6 Å². The van der Waals surface area contributed by atoms with E-state index in [0.717, 1.165) is 10.2 Å². The van der Waals surface area contributed by atoms with Gasteiger partial charge in [0, 0.05) is 10.7 Å². The summed E-state index contributed by atoms with van der Waals surface area (Å²) >= 11 is 9.10. The van der Waals surface area contributed by atoms with Crippen molar-refractivity contribution in [2.45, 2.75) is 0 Å². The highest BCUT2D eigenvalue weighted by Crippen LogP contribution is 2.19. The Bertz CT molecular complexity index is 542. The van der Waals surface area contributed by atoms with Gasteiger partial charge in [-0.15, -0.1) is 0 Å². The molecule has 0 spiro atoms. The third-order valence-electron chi connectivity index (χ3n) is 1.83. The first-order chi connectivity index (χ1) is 7.19. The van der Waals surface area contributed by atoms with Gasteiger partial charge in [0.05, 0.1) is 28.5 Å². The average molecular weight is 283 g/mol. The largest absolute Gasteiger partial charge is 0.239 e. The van der Waals surface area contributed by atoms with Crippen LogP contribution in [-0.4, -0.2) is 9.78 Å². The fourth-order valence-corrected chi connectivity index (χ4v) is 1.83. The maximum absolute atomic E-state index is 8.81. The number of hydrogen-bond acceptors (Lipinski definition) is 2. The smallest absolute Gasteiger partial charge is 0.0992 e. The number of aromatic nitrogens is 2. The van der Waals surface area contributed by atoms with Crippen molar-refractivity contribution in [3.63, 3.8) is 0 Å². The van der Waals surface area contributed by atoms with Crippen molar-refractivity contribution in [1.82, 2.24) is 9.78 Å². The summed E-state index contributed by atoms with van der Waals surface area (Å²) < 4.78 is 2.46. The molecule has 1 heterocycles. The molecule has 0 saturated heterocycles. The number of rotatable bonds is 1. The summed E-state index contributed by atoms with van der Waals surface area (Å²) in [5, 5.41) is 13.4. The fourth-order valence-electron chi connectivity index (χ4n) is 1.21. The zero-order valence-electron chi connectivity index (χ0n) is 7.48. The number of halogens is 2. The molecule has 0 aliphatic carbocycles. The number of hydrogen-bond donors (Lipinski definition) is 0. The third kappa shape index (κ3) is 2.20. The monoisotopic (exact) mass is 281 g/mol. The molecule has 74 valence electrons. The van der Waals surface area contributed by atoms with E-state index in [1.54, 1.807) is 29.2 Å². The lowest BCUT2D eigenvalue weighted by Crippen LogP contribution is -1.94. The molecule has 0 bridgehead atoms. The number of benzene rings is 1. The van der Waals surface area contributed by atoms with E-state index in [2.05, 4.69) is 27.1 Å². The van der Waals surface area contributed by atoms with Gasteiger partial charge >= 0.3 is 0 Å². The first kappa shape index (κ1) is 10.2. The second-order valence-corrected chi connectivity index (χ2v) is 4.27. The Hall–Kier alpha value is -1.31. The molecule has 0 aliphatic heterocycles. The first-order valence-electron chi connectivity index (χ1n) is 4.10. The van der Waals surface area contributed by atoms with E-state index in [4.69, 9.17) is 16.9 Å². The van der Waals surface area contributed by atoms with Crippen LogP contribution in [-0.2, 0) is 0 Å². The maximum Gasteiger partial charge on any atom is 0.0992 e. The molecule has 0 fully saturated rings. The maximum atomic E-state index is 8.81. The second kappa shape index (κ2) is 4.05. The molecule has 2 rings (SSSR count). The van der Waals surface area contributed by atoms with Crippen LogP contribution in [0.5, 0.6) is 0 Å². The minimum absolute atomic E-state index is 0.563. The van der Waals surface area contributed by atoms with Crippen LogP contribution in [0.15, 0.2) is 35.1 Å². The normalized spacial score (nSPS) is 9.93. The molecular weight excluding hydrogens is 277 g/mol. The van der Waals surface area contributed by atoms with E-state index < -0.39 is 0 Å². The highest BCUT2D eigenvalue weighted by molar-refractivity contribution is 9.10. The molecule has 5 heteroatoms. The van der Waals surface area contributed by atoms with E-state index in [1.165, 1.54) is 0 Å². The van der Waals surface area contributed by atoms with Crippen molar-refractivity contribution < 1.29 is 0 Å². The molecule has 0 aliphatic rings. The summed E-state index contributed by atoms with van der Waals surface area (Å²) in [6, 6.07) is 7.43. The van der Waals surface area contributed by atoms with E-state index in [-0.39, 0.29) is 0 Å². The van der Waals surface area contributed by atoms with Crippen LogP contribution < -0.4 is 0 Å². The molecule has 3 nitrogen and oxygen atoms in total. The Balaban J connectivity index is 2.54. The molecule has 0 N–H and O–H groups in total. The molecule has 15 heavy (non-hydrogen) atoms. The summed E-state index contributed by atoms with van der Waals surface area (Å²) in [6.07, 6.45) is 3.24. The first-order valence-corrected chi connectivity index (χ1v) is 5.27. The summed E-state index contributed by atoms with van der Waals surface area (Å²) in [5.74, 6) is 0. The fraction of sp³-hybridized carbons (Fsp3) is 0. The zero-order valence-corrected chi connectivity index (χ0v) is 9.83. The summed E-state index contributed by atoms with van der Waals surface area (Å²) in [7, 11) is 0. The van der Waals surface area contributed by atoms with Crippen LogP contribution in [0.25, 0.3) is 5.69 Å². The third-order valence-corrected chi connectivity index (χ3v) is 2.48. The molecule has 0 unspecified atom stereocenters. The van der Waals surface area contributed by atoms with Gasteiger partial charge in [-0.3, -0.25) is 0 Å². The SMILES string of the molecule is N#Cc1cc(Br)cc(-n2cc(Cl)cn2)c1. The predicted molar refractivity (Wildman–Crippen MR) is 61.0 cm³/mol. The number of nitrogens with zero attached hydrogens (tertiary/aromatic N) is 3. The minimum atomic E-state index is 0.563. The van der Waals surface area contributed by atoms with Gasteiger partial charge in [0.2, 0.25) is 0 Å². The van der Waals surface area contributed by atoms with Crippen molar-refractivity contribution >= 4 is 27.5 Å². The quantitative estimate of drug-likeness (QED) is 0.806. The molecule has 0 atom stereocenters. The van der Waals surface area contributed by atoms with E-state index >= 15 is 0 Å². The second-order valence-electron chi connectivity index (χ2n) is 2.91.